The molecule has 148 valence electrons. The van der Waals surface area contributed by atoms with Gasteiger partial charge in [-0.1, -0.05) is 0 Å². The van der Waals surface area contributed by atoms with Gasteiger partial charge in [-0.25, -0.2) is 4.79 Å². The molecule has 1 N–H and O–H groups in total. The van der Waals surface area contributed by atoms with Gasteiger partial charge in [-0.3, -0.25) is 23.9 Å². The van der Waals surface area contributed by atoms with Crippen molar-refractivity contribution in [3.05, 3.63) is 33.1 Å². The second-order valence-corrected chi connectivity index (χ2v) is 6.58. The third kappa shape index (κ3) is 4.10. The van der Waals surface area contributed by atoms with Crippen LogP contribution < -0.4 is 11.2 Å². The van der Waals surface area contributed by atoms with E-state index in [1.807, 2.05) is 0 Å². The number of H-pyrrole nitrogens is 1. The molecule has 2 saturated heterocycles. The van der Waals surface area contributed by atoms with Crippen molar-refractivity contribution in [3.8, 4) is 0 Å². The third-order valence-electron chi connectivity index (χ3n) is 4.18. The van der Waals surface area contributed by atoms with Crippen LogP contribution in [-0.4, -0.2) is 59.3 Å². The monoisotopic (exact) mass is 384 g/mol. The van der Waals surface area contributed by atoms with Crippen LogP contribution in [0.4, 0.5) is 0 Å². The van der Waals surface area contributed by atoms with E-state index in [1.165, 1.54) is 23.9 Å². The van der Waals surface area contributed by atoms with Gasteiger partial charge in [0.25, 0.3) is 5.56 Å². The predicted molar refractivity (Wildman–Crippen MR) is 86.6 cm³/mol. The zero-order valence-electron chi connectivity index (χ0n) is 15.0. The van der Waals surface area contributed by atoms with Crippen molar-refractivity contribution < 1.29 is 33.3 Å². The molecule has 27 heavy (non-hydrogen) atoms. The van der Waals surface area contributed by atoms with E-state index in [0.29, 0.717) is 0 Å². The van der Waals surface area contributed by atoms with E-state index in [1.54, 1.807) is 13.8 Å². The molecule has 1 aromatic rings. The van der Waals surface area contributed by atoms with E-state index in [9.17, 15) is 19.2 Å². The number of carbonyl (C=O) groups excluding carboxylic acids is 2. The Hall–Kier alpha value is -2.50. The molecule has 2 aliphatic rings. The number of nitrogens with zero attached hydrogens (tertiary/aromatic N) is 1. The second-order valence-electron chi connectivity index (χ2n) is 6.58. The molecule has 0 spiro atoms. The fraction of sp³-hybridized carbons (Fsp3) is 0.625. The molecule has 11 nitrogen and oxygen atoms in total. The van der Waals surface area contributed by atoms with Crippen LogP contribution in [0.15, 0.2) is 21.9 Å². The third-order valence-corrected chi connectivity index (χ3v) is 4.18. The van der Waals surface area contributed by atoms with Gasteiger partial charge in [-0.2, -0.15) is 0 Å². The number of methoxy groups -OCH3 is 1. The quantitative estimate of drug-likeness (QED) is 0.504. The Morgan fingerprint density at radius 3 is 2.59 bits per heavy atom. The van der Waals surface area contributed by atoms with Crippen LogP contribution >= 0.6 is 0 Å². The molecule has 0 unspecified atom stereocenters. The summed E-state index contributed by atoms with van der Waals surface area (Å²) in [6.45, 7) is 3.21. The van der Waals surface area contributed by atoms with E-state index < -0.39 is 59.9 Å². The van der Waals surface area contributed by atoms with Crippen molar-refractivity contribution in [2.24, 2.45) is 0 Å². The Morgan fingerprint density at radius 2 is 1.93 bits per heavy atom. The fourth-order valence-electron chi connectivity index (χ4n) is 3.06. The first-order chi connectivity index (χ1) is 12.7. The zero-order valence-corrected chi connectivity index (χ0v) is 15.0. The minimum absolute atomic E-state index is 0.203. The van der Waals surface area contributed by atoms with Crippen LogP contribution in [0.1, 0.15) is 26.5 Å². The van der Waals surface area contributed by atoms with Gasteiger partial charge in [0, 0.05) is 12.3 Å². The highest BCUT2D eigenvalue weighted by molar-refractivity contribution is 5.91. The minimum Gasteiger partial charge on any atom is -0.469 e. The lowest BCUT2D eigenvalue weighted by Crippen LogP contribution is -2.37. The number of ether oxygens (including phenoxy) is 5. The summed E-state index contributed by atoms with van der Waals surface area (Å²) in [7, 11) is 1.17. The molecule has 2 aliphatic heterocycles. The molecule has 0 amide bonds. The predicted octanol–water partition coefficient (Wildman–Crippen LogP) is -0.940. The van der Waals surface area contributed by atoms with Crippen molar-refractivity contribution >= 4 is 11.9 Å². The number of fused-ring (bicyclic) bond motifs is 1. The summed E-state index contributed by atoms with van der Waals surface area (Å²) in [5, 5.41) is 0. The summed E-state index contributed by atoms with van der Waals surface area (Å²) in [5.74, 6) is -2.42. The highest BCUT2D eigenvalue weighted by Gasteiger charge is 2.56. The number of rotatable bonds is 5. The number of carbonyl (C=O) groups is 2. The van der Waals surface area contributed by atoms with Gasteiger partial charge in [0.05, 0.1) is 7.11 Å². The molecule has 0 saturated carbocycles. The van der Waals surface area contributed by atoms with Crippen LogP contribution in [-0.2, 0) is 33.3 Å². The lowest BCUT2D eigenvalue weighted by Gasteiger charge is -2.24. The lowest BCUT2D eigenvalue weighted by molar-refractivity contribution is -0.203. The van der Waals surface area contributed by atoms with E-state index in [4.69, 9.17) is 18.9 Å². The average molecular weight is 384 g/mol. The molecule has 0 aliphatic carbocycles. The summed E-state index contributed by atoms with van der Waals surface area (Å²) >= 11 is 0. The van der Waals surface area contributed by atoms with Crippen LogP contribution in [0.3, 0.4) is 0 Å². The van der Waals surface area contributed by atoms with Gasteiger partial charge in [-0.15, -0.1) is 0 Å². The van der Waals surface area contributed by atoms with Gasteiger partial charge in [0.15, 0.2) is 12.0 Å². The Bertz CT molecular complexity index is 843. The van der Waals surface area contributed by atoms with E-state index >= 15 is 0 Å². The highest BCUT2D eigenvalue weighted by atomic mass is 16.8. The van der Waals surface area contributed by atoms with Crippen molar-refractivity contribution in [2.75, 3.05) is 13.7 Å². The molecule has 0 aromatic carbocycles. The standard InChI is InChI=1S/C16H20N2O9/c1-16(2)26-12-8(7-24-11(21)6-10(20)23-3)25-14(13(12)27-16)18-5-4-9(19)17-15(18)22/h4-5,8,12-14H,6-7H2,1-3H3,(H,17,19,22)/t8-,12-,13-,14-/m1/s1. The Balaban J connectivity index is 1.76. The number of hydrogen-bond donors (Lipinski definition) is 1. The van der Waals surface area contributed by atoms with Crippen molar-refractivity contribution in [1.29, 1.82) is 0 Å². The molecule has 2 fully saturated rings. The summed E-state index contributed by atoms with van der Waals surface area (Å²) in [4.78, 5) is 48.3. The Labute approximate surface area is 153 Å². The fourth-order valence-corrected chi connectivity index (χ4v) is 3.06. The minimum atomic E-state index is -0.933. The molecule has 0 radical (unpaired) electrons. The topological polar surface area (TPSA) is 135 Å². The molecule has 0 bridgehead atoms. The summed E-state index contributed by atoms with van der Waals surface area (Å²) in [6.07, 6.45) is -2.12. The molecular weight excluding hydrogens is 364 g/mol. The van der Waals surface area contributed by atoms with Crippen molar-refractivity contribution in [3.63, 3.8) is 0 Å². The normalized spacial score (nSPS) is 28.6. The lowest BCUT2D eigenvalue weighted by atomic mass is 10.1. The Kier molecular flexibility index (Phi) is 5.18. The zero-order chi connectivity index (χ0) is 19.8. The van der Waals surface area contributed by atoms with E-state index in [-0.39, 0.29) is 6.61 Å². The molecule has 4 atom stereocenters. The molecular formula is C16H20N2O9. The maximum Gasteiger partial charge on any atom is 0.330 e. The van der Waals surface area contributed by atoms with Crippen molar-refractivity contribution in [2.45, 2.75) is 50.6 Å². The second kappa shape index (κ2) is 7.25. The van der Waals surface area contributed by atoms with Crippen molar-refractivity contribution in [1.82, 2.24) is 9.55 Å². The average Bonchev–Trinajstić information content (AvgIpc) is 3.06. The van der Waals surface area contributed by atoms with Gasteiger partial charge >= 0.3 is 17.6 Å². The number of esters is 2. The first-order valence-electron chi connectivity index (χ1n) is 8.25. The van der Waals surface area contributed by atoms with Gasteiger partial charge in [-0.05, 0) is 13.8 Å². The molecule has 3 rings (SSSR count). The SMILES string of the molecule is COC(=O)CC(=O)OC[C@H]1O[C@@H](n2ccc(=O)[nH]c2=O)[C@@H]2OC(C)(C)O[C@@H]21. The van der Waals surface area contributed by atoms with Gasteiger partial charge in [0.2, 0.25) is 0 Å². The number of aromatic amines is 1. The molecule has 3 heterocycles. The summed E-state index contributed by atoms with van der Waals surface area (Å²) in [6, 6.07) is 1.18. The van der Waals surface area contributed by atoms with Crippen LogP contribution in [0.25, 0.3) is 0 Å². The van der Waals surface area contributed by atoms with E-state index in [0.717, 1.165) is 0 Å². The number of aromatic nitrogens is 2. The maximum absolute atomic E-state index is 12.1. The first-order valence-corrected chi connectivity index (χ1v) is 8.25. The number of hydrogen-bond acceptors (Lipinski definition) is 9. The molecule has 1 aromatic heterocycles. The highest BCUT2D eigenvalue weighted by Crippen LogP contribution is 2.42. The van der Waals surface area contributed by atoms with Gasteiger partial charge < -0.3 is 23.7 Å². The summed E-state index contributed by atoms with van der Waals surface area (Å²) < 4.78 is 28.1. The smallest absolute Gasteiger partial charge is 0.330 e. The van der Waals surface area contributed by atoms with Crippen LogP contribution in [0.5, 0.6) is 0 Å². The van der Waals surface area contributed by atoms with Crippen LogP contribution in [0, 0.1) is 0 Å². The van der Waals surface area contributed by atoms with E-state index in [2.05, 4.69) is 9.72 Å². The first kappa shape index (κ1) is 19.3. The van der Waals surface area contributed by atoms with Crippen LogP contribution in [0.2, 0.25) is 0 Å². The molecule has 11 heteroatoms. The Morgan fingerprint density at radius 1 is 1.22 bits per heavy atom. The summed E-state index contributed by atoms with van der Waals surface area (Å²) in [5.41, 5.74) is -1.20. The largest absolute Gasteiger partial charge is 0.469 e. The maximum atomic E-state index is 12.1. The number of nitrogens with one attached hydrogen (secondary N) is 1. The van der Waals surface area contributed by atoms with Gasteiger partial charge in [0.1, 0.15) is 31.3 Å².